The molecule has 0 spiro atoms. The molecule has 2 rings (SSSR count). The van der Waals surface area contributed by atoms with E-state index >= 15 is 0 Å². The Morgan fingerprint density at radius 3 is 2.38 bits per heavy atom. The lowest BCUT2D eigenvalue weighted by Crippen LogP contribution is -2.21. The van der Waals surface area contributed by atoms with Crippen molar-refractivity contribution >= 4 is 33.5 Å². The van der Waals surface area contributed by atoms with Gasteiger partial charge in [-0.2, -0.15) is 0 Å². The molecule has 0 saturated carbocycles. The summed E-state index contributed by atoms with van der Waals surface area (Å²) in [5.41, 5.74) is 0.830. The molecule has 0 aliphatic rings. The van der Waals surface area contributed by atoms with Crippen LogP contribution in [0.25, 0.3) is 0 Å². The molecule has 0 fully saturated rings. The number of esters is 1. The molecule has 0 aliphatic carbocycles. The van der Waals surface area contributed by atoms with E-state index in [2.05, 4.69) is 21.2 Å². The predicted molar refractivity (Wildman–Crippen MR) is 92.6 cm³/mol. The molecule has 1 N–H and O–H groups in total. The van der Waals surface area contributed by atoms with Crippen molar-refractivity contribution in [1.29, 1.82) is 0 Å². The van der Waals surface area contributed by atoms with Crippen LogP contribution in [0.5, 0.6) is 11.5 Å². The molecule has 0 saturated heterocycles. The van der Waals surface area contributed by atoms with Gasteiger partial charge in [-0.15, -0.1) is 0 Å². The fourth-order valence-electron chi connectivity index (χ4n) is 1.89. The lowest BCUT2D eigenvalue weighted by atomic mass is 10.2. The molecule has 0 heterocycles. The van der Waals surface area contributed by atoms with E-state index in [-0.39, 0.29) is 0 Å². The first-order valence-electron chi connectivity index (χ1n) is 6.98. The van der Waals surface area contributed by atoms with Crippen LogP contribution in [0.4, 0.5) is 5.69 Å². The highest BCUT2D eigenvalue weighted by atomic mass is 79.9. The maximum Gasteiger partial charge on any atom is 0.338 e. The summed E-state index contributed by atoms with van der Waals surface area (Å²) >= 11 is 3.28. The summed E-state index contributed by atoms with van der Waals surface area (Å²) in [5, 5.41) is 2.62. The molecule has 0 aromatic heterocycles. The number of carbonyl (C=O) groups excluding carboxylic acids is 2. The molecule has 126 valence electrons. The van der Waals surface area contributed by atoms with Crippen LogP contribution in [0.3, 0.4) is 0 Å². The Bertz CT molecular complexity index is 730. The number of benzene rings is 2. The van der Waals surface area contributed by atoms with Crippen molar-refractivity contribution in [2.24, 2.45) is 0 Å². The van der Waals surface area contributed by atoms with Crippen molar-refractivity contribution in [3.05, 3.63) is 52.5 Å². The van der Waals surface area contributed by atoms with Crippen LogP contribution < -0.4 is 14.8 Å². The standard InChI is InChI=1S/C17H16BrNO5/c1-22-13-7-8-14(15(9-13)23-2)19-16(20)10-24-17(21)11-3-5-12(18)6-4-11/h3-9H,10H2,1-2H3,(H,19,20). The van der Waals surface area contributed by atoms with E-state index < -0.39 is 18.5 Å². The molecule has 0 unspecified atom stereocenters. The molecule has 2 aromatic carbocycles. The zero-order valence-electron chi connectivity index (χ0n) is 13.2. The van der Waals surface area contributed by atoms with Crippen LogP contribution in [-0.2, 0) is 9.53 Å². The van der Waals surface area contributed by atoms with Crippen molar-refractivity contribution in [3.63, 3.8) is 0 Å². The highest BCUT2D eigenvalue weighted by Crippen LogP contribution is 2.28. The number of rotatable bonds is 6. The summed E-state index contributed by atoms with van der Waals surface area (Å²) in [6.07, 6.45) is 0. The number of hydrogen-bond donors (Lipinski definition) is 1. The summed E-state index contributed by atoms with van der Waals surface area (Å²) in [7, 11) is 3.02. The number of amides is 1. The second-order valence-electron chi connectivity index (χ2n) is 4.70. The molecule has 2 aromatic rings. The van der Waals surface area contributed by atoms with Crippen molar-refractivity contribution in [3.8, 4) is 11.5 Å². The van der Waals surface area contributed by atoms with E-state index in [0.29, 0.717) is 22.7 Å². The minimum Gasteiger partial charge on any atom is -0.497 e. The highest BCUT2D eigenvalue weighted by molar-refractivity contribution is 9.10. The maximum absolute atomic E-state index is 11.9. The fourth-order valence-corrected chi connectivity index (χ4v) is 2.15. The van der Waals surface area contributed by atoms with Crippen LogP contribution in [0.1, 0.15) is 10.4 Å². The third-order valence-electron chi connectivity index (χ3n) is 3.10. The van der Waals surface area contributed by atoms with Crippen molar-refractivity contribution in [2.45, 2.75) is 0 Å². The van der Waals surface area contributed by atoms with Gasteiger partial charge < -0.3 is 19.5 Å². The number of methoxy groups -OCH3 is 2. The number of ether oxygens (including phenoxy) is 3. The van der Waals surface area contributed by atoms with E-state index in [1.165, 1.54) is 14.2 Å². The van der Waals surface area contributed by atoms with Gasteiger partial charge in [-0.25, -0.2) is 4.79 Å². The zero-order valence-corrected chi connectivity index (χ0v) is 14.8. The largest absolute Gasteiger partial charge is 0.497 e. The Morgan fingerprint density at radius 2 is 1.75 bits per heavy atom. The maximum atomic E-state index is 11.9. The summed E-state index contributed by atoms with van der Waals surface area (Å²) in [6, 6.07) is 11.6. The van der Waals surface area contributed by atoms with Crippen LogP contribution in [-0.4, -0.2) is 32.7 Å². The first-order chi connectivity index (χ1) is 11.5. The quantitative estimate of drug-likeness (QED) is 0.762. The van der Waals surface area contributed by atoms with Gasteiger partial charge in [0.15, 0.2) is 6.61 Å². The normalized spacial score (nSPS) is 9.96. The van der Waals surface area contributed by atoms with Gasteiger partial charge in [0.25, 0.3) is 5.91 Å². The molecule has 6 nitrogen and oxygen atoms in total. The van der Waals surface area contributed by atoms with Gasteiger partial charge in [-0.3, -0.25) is 4.79 Å². The number of hydrogen-bond acceptors (Lipinski definition) is 5. The van der Waals surface area contributed by atoms with E-state index in [0.717, 1.165) is 4.47 Å². The molecule has 0 aliphatic heterocycles. The first kappa shape index (κ1) is 17.8. The topological polar surface area (TPSA) is 73.9 Å². The van der Waals surface area contributed by atoms with Gasteiger partial charge in [0.05, 0.1) is 25.5 Å². The van der Waals surface area contributed by atoms with Crippen molar-refractivity contribution in [1.82, 2.24) is 0 Å². The van der Waals surface area contributed by atoms with Gasteiger partial charge in [-0.05, 0) is 36.4 Å². The average molecular weight is 394 g/mol. The van der Waals surface area contributed by atoms with Gasteiger partial charge in [0.1, 0.15) is 11.5 Å². The molecular weight excluding hydrogens is 378 g/mol. The Morgan fingerprint density at radius 1 is 1.04 bits per heavy atom. The number of anilines is 1. The zero-order chi connectivity index (χ0) is 17.5. The summed E-state index contributed by atoms with van der Waals surface area (Å²) in [4.78, 5) is 23.8. The second-order valence-corrected chi connectivity index (χ2v) is 5.61. The van der Waals surface area contributed by atoms with Crippen LogP contribution in [0.2, 0.25) is 0 Å². The van der Waals surface area contributed by atoms with E-state index in [1.54, 1.807) is 42.5 Å². The van der Waals surface area contributed by atoms with Crippen LogP contribution >= 0.6 is 15.9 Å². The lowest BCUT2D eigenvalue weighted by molar-refractivity contribution is -0.119. The Kier molecular flexibility index (Phi) is 6.20. The lowest BCUT2D eigenvalue weighted by Gasteiger charge is -2.11. The SMILES string of the molecule is COc1ccc(NC(=O)COC(=O)c2ccc(Br)cc2)c(OC)c1. The van der Waals surface area contributed by atoms with Crippen molar-refractivity contribution < 1.29 is 23.8 Å². The molecule has 0 radical (unpaired) electrons. The summed E-state index contributed by atoms with van der Waals surface area (Å²) in [6.45, 7) is -0.399. The predicted octanol–water partition coefficient (Wildman–Crippen LogP) is 3.26. The van der Waals surface area contributed by atoms with Gasteiger partial charge >= 0.3 is 5.97 Å². The van der Waals surface area contributed by atoms with Crippen LogP contribution in [0.15, 0.2) is 46.9 Å². The fraction of sp³-hybridized carbons (Fsp3) is 0.176. The third kappa shape index (κ3) is 4.73. The second kappa shape index (κ2) is 8.35. The van der Waals surface area contributed by atoms with E-state index in [4.69, 9.17) is 14.2 Å². The first-order valence-corrected chi connectivity index (χ1v) is 7.77. The summed E-state index contributed by atoms with van der Waals surface area (Å²) < 4.78 is 16.1. The smallest absolute Gasteiger partial charge is 0.338 e. The number of nitrogens with one attached hydrogen (secondary N) is 1. The molecule has 24 heavy (non-hydrogen) atoms. The van der Waals surface area contributed by atoms with Gasteiger partial charge in [0.2, 0.25) is 0 Å². The van der Waals surface area contributed by atoms with E-state index in [1.807, 2.05) is 0 Å². The van der Waals surface area contributed by atoms with Crippen LogP contribution in [0, 0.1) is 0 Å². The molecule has 7 heteroatoms. The molecule has 1 amide bonds. The Balaban J connectivity index is 1.93. The van der Waals surface area contributed by atoms with Crippen molar-refractivity contribution in [2.75, 3.05) is 26.1 Å². The third-order valence-corrected chi connectivity index (χ3v) is 3.63. The average Bonchev–Trinajstić information content (AvgIpc) is 2.60. The van der Waals surface area contributed by atoms with Gasteiger partial charge in [-0.1, -0.05) is 15.9 Å². The minimum atomic E-state index is -0.570. The summed E-state index contributed by atoms with van der Waals surface area (Å²) in [5.74, 6) is 0.0109. The number of carbonyl (C=O) groups is 2. The Labute approximate surface area is 147 Å². The Hall–Kier alpha value is -2.54. The highest BCUT2D eigenvalue weighted by Gasteiger charge is 2.12. The van der Waals surface area contributed by atoms with E-state index in [9.17, 15) is 9.59 Å². The number of halogens is 1. The monoisotopic (exact) mass is 393 g/mol. The molecular formula is C17H16BrNO5. The van der Waals surface area contributed by atoms with Gasteiger partial charge in [0, 0.05) is 10.5 Å². The molecule has 0 bridgehead atoms. The molecule has 0 atom stereocenters. The minimum absolute atomic E-state index is 0.369.